The second kappa shape index (κ2) is 4.53. The molecule has 0 aliphatic heterocycles. The third-order valence-electron chi connectivity index (χ3n) is 4.42. The quantitative estimate of drug-likeness (QED) is 0.691. The van der Waals surface area contributed by atoms with Crippen LogP contribution in [-0.4, -0.2) is 9.55 Å². The fourth-order valence-corrected chi connectivity index (χ4v) is 3.49. The molecular weight excluding hydrogens is 283 g/mol. The molecule has 1 N–H and O–H groups in total. The Balaban J connectivity index is 1.77. The first-order chi connectivity index (χ1) is 10.1. The van der Waals surface area contributed by atoms with Gasteiger partial charge in [-0.05, 0) is 54.4 Å². The largest absolute Gasteiger partial charge is 0.330 e. The lowest BCUT2D eigenvalue weighted by Crippen LogP contribution is -2.21. The van der Waals surface area contributed by atoms with Crippen LogP contribution in [0.2, 0.25) is 0 Å². The number of imidazole rings is 1. The Kier molecular flexibility index (Phi) is 2.76. The van der Waals surface area contributed by atoms with Crippen LogP contribution in [0.15, 0.2) is 36.4 Å². The Morgan fingerprint density at radius 2 is 2.14 bits per heavy atom. The zero-order valence-corrected chi connectivity index (χ0v) is 12.5. The van der Waals surface area contributed by atoms with E-state index in [1.165, 1.54) is 17.2 Å². The number of nitrogens with zero attached hydrogens (tertiary/aromatic N) is 1. The first-order valence-electron chi connectivity index (χ1n) is 7.10. The van der Waals surface area contributed by atoms with Crippen molar-refractivity contribution in [2.75, 3.05) is 0 Å². The molecule has 0 radical (unpaired) electrons. The number of hydrogen-bond acceptors (Lipinski definition) is 1. The van der Waals surface area contributed by atoms with Crippen molar-refractivity contribution in [3.63, 3.8) is 0 Å². The molecule has 0 bridgehead atoms. The Labute approximate surface area is 127 Å². The number of H-pyrrole nitrogens is 1. The molecule has 1 heterocycles. The summed E-state index contributed by atoms with van der Waals surface area (Å²) in [5.41, 5.74) is 5.25. The van der Waals surface area contributed by atoms with Crippen molar-refractivity contribution in [1.82, 2.24) is 9.55 Å². The second-order valence-electron chi connectivity index (χ2n) is 5.76. The number of rotatable bonds is 2. The molecule has 0 saturated heterocycles. The highest BCUT2D eigenvalue weighted by Crippen LogP contribution is 2.36. The van der Waals surface area contributed by atoms with Gasteiger partial charge in [-0.25, -0.2) is 4.39 Å². The van der Waals surface area contributed by atoms with E-state index < -0.39 is 0 Å². The molecule has 106 valence electrons. The molecule has 0 saturated carbocycles. The number of fused-ring (bicyclic) bond motifs is 2. The van der Waals surface area contributed by atoms with Crippen LogP contribution in [0.1, 0.15) is 22.6 Å². The van der Waals surface area contributed by atoms with E-state index in [0.29, 0.717) is 16.3 Å². The highest BCUT2D eigenvalue weighted by Gasteiger charge is 2.26. The number of aryl methyl sites for hydroxylation is 1. The Bertz CT molecular complexity index is 907. The number of nitrogens with one attached hydrogen (secondary N) is 1. The van der Waals surface area contributed by atoms with Crippen LogP contribution in [0.4, 0.5) is 4.39 Å². The number of hydrogen-bond donors (Lipinski definition) is 1. The van der Waals surface area contributed by atoms with Gasteiger partial charge in [0.25, 0.3) is 0 Å². The summed E-state index contributed by atoms with van der Waals surface area (Å²) in [5.74, 6) is 0.303. The van der Waals surface area contributed by atoms with Crippen LogP contribution >= 0.6 is 12.2 Å². The zero-order chi connectivity index (χ0) is 14.6. The van der Waals surface area contributed by atoms with Gasteiger partial charge in [0.15, 0.2) is 4.77 Å². The Morgan fingerprint density at radius 1 is 1.33 bits per heavy atom. The number of aromatic nitrogens is 2. The summed E-state index contributed by atoms with van der Waals surface area (Å²) in [7, 11) is 0. The Morgan fingerprint density at radius 3 is 2.95 bits per heavy atom. The van der Waals surface area contributed by atoms with E-state index >= 15 is 0 Å². The summed E-state index contributed by atoms with van der Waals surface area (Å²) in [5, 5.41) is 0. The topological polar surface area (TPSA) is 20.7 Å². The van der Waals surface area contributed by atoms with E-state index in [4.69, 9.17) is 12.2 Å². The van der Waals surface area contributed by atoms with Gasteiger partial charge in [0.2, 0.25) is 0 Å². The van der Waals surface area contributed by atoms with Gasteiger partial charge < -0.3 is 9.55 Å². The smallest absolute Gasteiger partial charge is 0.178 e. The van der Waals surface area contributed by atoms with Crippen molar-refractivity contribution in [2.45, 2.75) is 25.8 Å². The summed E-state index contributed by atoms with van der Waals surface area (Å²) in [6.45, 7) is 2.63. The number of aromatic amines is 1. The van der Waals surface area contributed by atoms with E-state index in [1.54, 1.807) is 6.92 Å². The maximum Gasteiger partial charge on any atom is 0.178 e. The van der Waals surface area contributed by atoms with Crippen molar-refractivity contribution in [3.05, 3.63) is 63.7 Å². The van der Waals surface area contributed by atoms with Crippen molar-refractivity contribution < 1.29 is 4.39 Å². The molecule has 3 aromatic rings. The lowest BCUT2D eigenvalue weighted by Gasteiger charge is -2.30. The predicted molar refractivity (Wildman–Crippen MR) is 84.7 cm³/mol. The first kappa shape index (κ1) is 12.8. The fourth-order valence-electron chi connectivity index (χ4n) is 3.21. The van der Waals surface area contributed by atoms with Gasteiger partial charge in [0, 0.05) is 12.5 Å². The van der Waals surface area contributed by atoms with E-state index in [-0.39, 0.29) is 5.82 Å². The molecule has 4 heteroatoms. The fraction of sp³-hybridized carbons (Fsp3) is 0.235. The van der Waals surface area contributed by atoms with Crippen molar-refractivity contribution in [1.29, 1.82) is 0 Å². The van der Waals surface area contributed by atoms with E-state index in [2.05, 4.69) is 33.8 Å². The van der Waals surface area contributed by atoms with Crippen LogP contribution in [0.5, 0.6) is 0 Å². The van der Waals surface area contributed by atoms with Gasteiger partial charge in [-0.3, -0.25) is 0 Å². The van der Waals surface area contributed by atoms with Crippen LogP contribution in [-0.2, 0) is 13.0 Å². The van der Waals surface area contributed by atoms with Gasteiger partial charge in [0.05, 0.1) is 11.0 Å². The first-order valence-corrected chi connectivity index (χ1v) is 7.51. The Hall–Kier alpha value is -1.94. The third kappa shape index (κ3) is 1.94. The monoisotopic (exact) mass is 298 g/mol. The van der Waals surface area contributed by atoms with Gasteiger partial charge in [-0.15, -0.1) is 0 Å². The number of benzene rings is 2. The summed E-state index contributed by atoms with van der Waals surface area (Å²) >= 11 is 5.41. The maximum atomic E-state index is 13.7. The van der Waals surface area contributed by atoms with E-state index in [9.17, 15) is 4.39 Å². The lowest BCUT2D eigenvalue weighted by atomic mass is 9.77. The second-order valence-corrected chi connectivity index (χ2v) is 6.15. The van der Waals surface area contributed by atoms with Crippen molar-refractivity contribution in [2.24, 2.45) is 0 Å². The molecular formula is C17H15FN2S. The molecule has 1 unspecified atom stereocenters. The standard InChI is InChI=1S/C17H15FN2S/c1-10-6-16-15(8-14(10)18)19-17(21)20(16)9-12-7-11-4-2-3-5-13(11)12/h2-6,8,12H,7,9H2,1H3,(H,19,21). The van der Waals surface area contributed by atoms with E-state index in [0.717, 1.165) is 24.0 Å². The highest BCUT2D eigenvalue weighted by molar-refractivity contribution is 7.71. The lowest BCUT2D eigenvalue weighted by molar-refractivity contribution is 0.513. The van der Waals surface area contributed by atoms with Crippen LogP contribution in [0.25, 0.3) is 11.0 Å². The molecule has 2 aromatic carbocycles. The minimum absolute atomic E-state index is 0.195. The van der Waals surface area contributed by atoms with Crippen LogP contribution in [0, 0.1) is 17.5 Å². The minimum Gasteiger partial charge on any atom is -0.330 e. The molecule has 21 heavy (non-hydrogen) atoms. The molecule has 1 aliphatic rings. The van der Waals surface area contributed by atoms with Gasteiger partial charge in [0.1, 0.15) is 5.82 Å². The van der Waals surface area contributed by atoms with Crippen LogP contribution in [0.3, 0.4) is 0 Å². The molecule has 1 atom stereocenters. The zero-order valence-electron chi connectivity index (χ0n) is 11.7. The van der Waals surface area contributed by atoms with Crippen molar-refractivity contribution in [3.8, 4) is 0 Å². The SMILES string of the molecule is Cc1cc2c(cc1F)[nH]c(=S)n2CC1Cc2ccccc21. The molecule has 1 aromatic heterocycles. The van der Waals surface area contributed by atoms with Gasteiger partial charge in [-0.1, -0.05) is 24.3 Å². The highest BCUT2D eigenvalue weighted by atomic mass is 32.1. The number of halogens is 1. The molecule has 4 rings (SSSR count). The molecule has 0 amide bonds. The average molecular weight is 298 g/mol. The van der Waals surface area contributed by atoms with Crippen molar-refractivity contribution >= 4 is 23.3 Å². The minimum atomic E-state index is -0.195. The summed E-state index contributed by atoms with van der Waals surface area (Å²) < 4.78 is 16.4. The summed E-state index contributed by atoms with van der Waals surface area (Å²) in [6.07, 6.45) is 1.09. The molecule has 1 aliphatic carbocycles. The molecule has 0 spiro atoms. The van der Waals surface area contributed by atoms with E-state index in [1.807, 2.05) is 6.07 Å². The third-order valence-corrected chi connectivity index (χ3v) is 4.74. The average Bonchev–Trinajstić information content (AvgIpc) is 2.72. The van der Waals surface area contributed by atoms with Crippen LogP contribution < -0.4 is 0 Å². The summed E-state index contributed by atoms with van der Waals surface area (Å²) in [6, 6.07) is 11.9. The molecule has 0 fully saturated rings. The summed E-state index contributed by atoms with van der Waals surface area (Å²) in [4.78, 5) is 3.11. The normalized spacial score (nSPS) is 16.8. The maximum absolute atomic E-state index is 13.7. The van der Waals surface area contributed by atoms with Gasteiger partial charge in [-0.2, -0.15) is 0 Å². The predicted octanol–water partition coefficient (Wildman–Crippen LogP) is 4.49. The van der Waals surface area contributed by atoms with Gasteiger partial charge >= 0.3 is 0 Å². The molecule has 2 nitrogen and oxygen atoms in total.